The molecule has 2 aromatic heterocycles. The SMILES string of the molecule is CC(C)c1ccc(OCc2ccc(C(=O)Nc3nn(Cc4ccccc4)cc3Cl)o2)cc1. The first-order valence-electron chi connectivity index (χ1n) is 10.4. The van der Waals surface area contributed by atoms with E-state index in [1.807, 2.05) is 54.6 Å². The molecular weight excluding hydrogens is 426 g/mol. The number of carbonyl (C=O) groups is 1. The van der Waals surface area contributed by atoms with Crippen molar-refractivity contribution in [2.24, 2.45) is 0 Å². The summed E-state index contributed by atoms with van der Waals surface area (Å²) < 4.78 is 13.1. The third kappa shape index (κ3) is 5.39. The molecule has 2 heterocycles. The number of amides is 1. The average molecular weight is 450 g/mol. The second kappa shape index (κ2) is 9.75. The van der Waals surface area contributed by atoms with Gasteiger partial charge in [0.1, 0.15) is 23.1 Å². The Morgan fingerprint density at radius 1 is 1.09 bits per heavy atom. The molecule has 1 amide bonds. The number of nitrogens with one attached hydrogen (secondary N) is 1. The van der Waals surface area contributed by atoms with Gasteiger partial charge in [-0.15, -0.1) is 0 Å². The molecule has 0 saturated heterocycles. The maximum atomic E-state index is 12.6. The van der Waals surface area contributed by atoms with Gasteiger partial charge < -0.3 is 14.5 Å². The van der Waals surface area contributed by atoms with Crippen LogP contribution in [0.15, 0.2) is 77.3 Å². The first-order valence-corrected chi connectivity index (χ1v) is 10.8. The third-order valence-corrected chi connectivity index (χ3v) is 5.23. The Kier molecular flexibility index (Phi) is 6.61. The van der Waals surface area contributed by atoms with Gasteiger partial charge in [-0.1, -0.05) is 67.9 Å². The van der Waals surface area contributed by atoms with Crippen LogP contribution in [0, 0.1) is 0 Å². The molecule has 7 heteroatoms. The van der Waals surface area contributed by atoms with Crippen molar-refractivity contribution < 1.29 is 13.9 Å². The number of halogens is 1. The highest BCUT2D eigenvalue weighted by molar-refractivity contribution is 6.33. The highest BCUT2D eigenvalue weighted by atomic mass is 35.5. The van der Waals surface area contributed by atoms with Crippen molar-refractivity contribution >= 4 is 23.3 Å². The number of carbonyl (C=O) groups excluding carboxylic acids is 1. The van der Waals surface area contributed by atoms with Gasteiger partial charge >= 0.3 is 0 Å². The zero-order valence-corrected chi connectivity index (χ0v) is 18.7. The Morgan fingerprint density at radius 3 is 2.56 bits per heavy atom. The van der Waals surface area contributed by atoms with Crippen molar-refractivity contribution in [3.63, 3.8) is 0 Å². The Balaban J connectivity index is 1.34. The number of anilines is 1. The van der Waals surface area contributed by atoms with Crippen molar-refractivity contribution in [3.05, 3.63) is 101 Å². The van der Waals surface area contributed by atoms with E-state index < -0.39 is 5.91 Å². The summed E-state index contributed by atoms with van der Waals surface area (Å²) in [5, 5.41) is 7.41. The summed E-state index contributed by atoms with van der Waals surface area (Å²) in [6.07, 6.45) is 1.68. The molecule has 0 aliphatic rings. The highest BCUT2D eigenvalue weighted by Crippen LogP contribution is 2.22. The lowest BCUT2D eigenvalue weighted by atomic mass is 10.0. The van der Waals surface area contributed by atoms with Crippen LogP contribution in [0.4, 0.5) is 5.82 Å². The Labute approximate surface area is 191 Å². The van der Waals surface area contributed by atoms with Gasteiger partial charge in [-0.2, -0.15) is 5.10 Å². The van der Waals surface area contributed by atoms with Gasteiger partial charge in [0.2, 0.25) is 0 Å². The molecule has 0 saturated carbocycles. The number of ether oxygens (including phenoxy) is 1. The predicted molar refractivity (Wildman–Crippen MR) is 124 cm³/mol. The van der Waals surface area contributed by atoms with Crippen molar-refractivity contribution in [3.8, 4) is 5.75 Å². The van der Waals surface area contributed by atoms with Crippen molar-refractivity contribution in [1.82, 2.24) is 9.78 Å². The number of hydrogen-bond donors (Lipinski definition) is 1. The fourth-order valence-corrected chi connectivity index (χ4v) is 3.38. The van der Waals surface area contributed by atoms with Gasteiger partial charge in [-0.25, -0.2) is 0 Å². The first kappa shape index (κ1) is 21.7. The second-order valence-corrected chi connectivity index (χ2v) is 8.15. The van der Waals surface area contributed by atoms with E-state index in [0.717, 1.165) is 11.3 Å². The number of aromatic nitrogens is 2. The quantitative estimate of drug-likeness (QED) is 0.351. The van der Waals surface area contributed by atoms with Gasteiger partial charge in [-0.3, -0.25) is 9.48 Å². The fraction of sp³-hybridized carbons (Fsp3) is 0.200. The Bertz CT molecular complexity index is 1180. The largest absolute Gasteiger partial charge is 0.486 e. The zero-order valence-electron chi connectivity index (χ0n) is 17.9. The van der Waals surface area contributed by atoms with Crippen LogP contribution in [-0.2, 0) is 13.2 Å². The van der Waals surface area contributed by atoms with Crippen LogP contribution >= 0.6 is 11.6 Å². The number of hydrogen-bond acceptors (Lipinski definition) is 4. The zero-order chi connectivity index (χ0) is 22.5. The van der Waals surface area contributed by atoms with Gasteiger partial charge in [0.05, 0.1) is 6.54 Å². The molecular formula is C25H24ClN3O3. The minimum absolute atomic E-state index is 0.160. The molecule has 0 fully saturated rings. The van der Waals surface area contributed by atoms with Crippen LogP contribution in [0.2, 0.25) is 5.02 Å². The van der Waals surface area contributed by atoms with Crippen LogP contribution in [0.5, 0.6) is 5.75 Å². The lowest BCUT2D eigenvalue weighted by molar-refractivity contribution is 0.0992. The Hall–Kier alpha value is -3.51. The van der Waals surface area contributed by atoms with Gasteiger partial charge in [0, 0.05) is 6.20 Å². The maximum Gasteiger partial charge on any atom is 0.292 e. The van der Waals surface area contributed by atoms with Crippen LogP contribution < -0.4 is 10.1 Å². The number of furan rings is 1. The molecule has 1 N–H and O–H groups in total. The van der Waals surface area contributed by atoms with Crippen LogP contribution in [0.3, 0.4) is 0 Å². The summed E-state index contributed by atoms with van der Waals surface area (Å²) in [7, 11) is 0. The Morgan fingerprint density at radius 2 is 1.84 bits per heavy atom. The molecule has 0 aliphatic carbocycles. The summed E-state index contributed by atoms with van der Waals surface area (Å²) in [5.74, 6) is 1.77. The molecule has 4 aromatic rings. The summed E-state index contributed by atoms with van der Waals surface area (Å²) in [6.45, 7) is 5.07. The van der Waals surface area contributed by atoms with Crippen molar-refractivity contribution in [2.75, 3.05) is 5.32 Å². The molecule has 0 bridgehead atoms. The molecule has 0 spiro atoms. The van der Waals surface area contributed by atoms with E-state index in [9.17, 15) is 4.79 Å². The van der Waals surface area contributed by atoms with E-state index in [0.29, 0.717) is 23.2 Å². The van der Waals surface area contributed by atoms with Gasteiger partial charge in [0.25, 0.3) is 5.91 Å². The fourth-order valence-electron chi connectivity index (χ4n) is 3.18. The molecule has 32 heavy (non-hydrogen) atoms. The van der Waals surface area contributed by atoms with E-state index in [1.165, 1.54) is 5.56 Å². The lowest BCUT2D eigenvalue weighted by Gasteiger charge is -2.08. The normalized spacial score (nSPS) is 11.0. The molecule has 6 nitrogen and oxygen atoms in total. The molecule has 164 valence electrons. The van der Waals surface area contributed by atoms with Crippen molar-refractivity contribution in [1.29, 1.82) is 0 Å². The summed E-state index contributed by atoms with van der Waals surface area (Å²) in [6, 6.07) is 21.1. The van der Waals surface area contributed by atoms with E-state index in [-0.39, 0.29) is 18.2 Å². The van der Waals surface area contributed by atoms with Gasteiger partial charge in [-0.05, 0) is 41.3 Å². The van der Waals surface area contributed by atoms with Crippen LogP contribution in [-0.4, -0.2) is 15.7 Å². The molecule has 0 unspecified atom stereocenters. The van der Waals surface area contributed by atoms with E-state index in [2.05, 4.69) is 24.3 Å². The molecule has 4 rings (SSSR count). The third-order valence-electron chi connectivity index (χ3n) is 4.95. The second-order valence-electron chi connectivity index (χ2n) is 7.74. The molecule has 0 aliphatic heterocycles. The van der Waals surface area contributed by atoms with E-state index in [4.69, 9.17) is 20.8 Å². The number of nitrogens with zero attached hydrogens (tertiary/aromatic N) is 2. The van der Waals surface area contributed by atoms with E-state index >= 15 is 0 Å². The standard InChI is InChI=1S/C25H24ClN3O3/c1-17(2)19-8-10-20(11-9-19)31-16-21-12-13-23(32-21)25(30)27-24-22(26)15-29(28-24)14-18-6-4-3-5-7-18/h3-13,15,17H,14,16H2,1-2H3,(H,27,28,30). The highest BCUT2D eigenvalue weighted by Gasteiger charge is 2.16. The number of benzene rings is 2. The summed E-state index contributed by atoms with van der Waals surface area (Å²) in [4.78, 5) is 12.6. The smallest absolute Gasteiger partial charge is 0.292 e. The van der Waals surface area contributed by atoms with E-state index in [1.54, 1.807) is 23.0 Å². The van der Waals surface area contributed by atoms with Gasteiger partial charge in [0.15, 0.2) is 11.6 Å². The van der Waals surface area contributed by atoms with Crippen molar-refractivity contribution in [2.45, 2.75) is 32.9 Å². The maximum absolute atomic E-state index is 12.6. The lowest BCUT2D eigenvalue weighted by Crippen LogP contribution is -2.12. The minimum Gasteiger partial charge on any atom is -0.486 e. The summed E-state index contributed by atoms with van der Waals surface area (Å²) in [5.41, 5.74) is 2.33. The molecule has 0 atom stereocenters. The predicted octanol–water partition coefficient (Wildman–Crippen LogP) is 6.13. The average Bonchev–Trinajstić information content (AvgIpc) is 3.40. The summed E-state index contributed by atoms with van der Waals surface area (Å²) >= 11 is 6.25. The first-order chi connectivity index (χ1) is 15.5. The number of rotatable bonds is 8. The van der Waals surface area contributed by atoms with Crippen LogP contribution in [0.25, 0.3) is 0 Å². The monoisotopic (exact) mass is 449 g/mol. The minimum atomic E-state index is -0.426. The van der Waals surface area contributed by atoms with Crippen LogP contribution in [0.1, 0.15) is 47.2 Å². The molecule has 0 radical (unpaired) electrons. The topological polar surface area (TPSA) is 69.3 Å². The molecule has 2 aromatic carbocycles.